The molecule has 1 nitrogen and oxygen atoms in total. The average molecular weight is 262 g/mol. The van der Waals surface area contributed by atoms with Gasteiger partial charge in [0.2, 0.25) is 0 Å². The predicted molar refractivity (Wildman–Crippen MR) is 81.2 cm³/mol. The zero-order valence-electron chi connectivity index (χ0n) is 11.2. The van der Waals surface area contributed by atoms with E-state index in [9.17, 15) is 0 Å². The highest BCUT2D eigenvalue weighted by atomic mass is 35.5. The van der Waals surface area contributed by atoms with Crippen molar-refractivity contribution in [2.24, 2.45) is 5.73 Å². The van der Waals surface area contributed by atoms with Crippen LogP contribution in [0, 0.1) is 20.8 Å². The lowest BCUT2D eigenvalue weighted by Crippen LogP contribution is -2.02. The Morgan fingerprint density at radius 1 is 0.889 bits per heavy atom. The molecule has 0 aliphatic carbocycles. The smallest absolute Gasteiger partial charge is 0.0183 e. The van der Waals surface area contributed by atoms with Crippen molar-refractivity contribution in [3.8, 4) is 11.1 Å². The minimum absolute atomic E-state index is 0. The van der Waals surface area contributed by atoms with Crippen molar-refractivity contribution >= 4 is 12.4 Å². The van der Waals surface area contributed by atoms with E-state index in [1.165, 1.54) is 33.4 Å². The van der Waals surface area contributed by atoms with Gasteiger partial charge in [0.05, 0.1) is 0 Å². The molecule has 0 aliphatic rings. The lowest BCUT2D eigenvalue weighted by molar-refractivity contribution is 1.03. The van der Waals surface area contributed by atoms with Gasteiger partial charge < -0.3 is 5.73 Å². The second-order valence-electron chi connectivity index (χ2n) is 4.66. The summed E-state index contributed by atoms with van der Waals surface area (Å²) in [5.74, 6) is 0. The van der Waals surface area contributed by atoms with Crippen LogP contribution in [0.5, 0.6) is 0 Å². The molecule has 0 spiro atoms. The maximum Gasteiger partial charge on any atom is 0.0183 e. The molecule has 0 aliphatic heterocycles. The topological polar surface area (TPSA) is 26.0 Å². The van der Waals surface area contributed by atoms with Gasteiger partial charge in [-0.2, -0.15) is 0 Å². The maximum absolute atomic E-state index is 5.76. The van der Waals surface area contributed by atoms with E-state index in [1.54, 1.807) is 0 Å². The second kappa shape index (κ2) is 6.03. The predicted octanol–water partition coefficient (Wildman–Crippen LogP) is 4.16. The highest BCUT2D eigenvalue weighted by Gasteiger charge is 2.05. The quantitative estimate of drug-likeness (QED) is 0.863. The molecule has 0 saturated carbocycles. The molecule has 0 radical (unpaired) electrons. The largest absolute Gasteiger partial charge is 0.326 e. The van der Waals surface area contributed by atoms with Crippen LogP contribution in [0.3, 0.4) is 0 Å². The molecule has 18 heavy (non-hydrogen) atoms. The van der Waals surface area contributed by atoms with E-state index in [-0.39, 0.29) is 12.4 Å². The van der Waals surface area contributed by atoms with Gasteiger partial charge in [-0.1, -0.05) is 42.0 Å². The Kier molecular flexibility index (Phi) is 4.94. The van der Waals surface area contributed by atoms with E-state index in [0.717, 1.165) is 0 Å². The van der Waals surface area contributed by atoms with Crippen molar-refractivity contribution in [1.82, 2.24) is 0 Å². The van der Waals surface area contributed by atoms with Crippen molar-refractivity contribution in [2.75, 3.05) is 0 Å². The Morgan fingerprint density at radius 2 is 1.50 bits per heavy atom. The van der Waals surface area contributed by atoms with Crippen molar-refractivity contribution < 1.29 is 0 Å². The number of nitrogens with two attached hydrogens (primary N) is 1. The SMILES string of the molecule is Cc1cccc(-c2cc(C)c(CN)c(C)c2)c1.Cl. The molecule has 2 N–H and O–H groups in total. The zero-order chi connectivity index (χ0) is 12.4. The molecule has 2 rings (SSSR count). The first-order valence-corrected chi connectivity index (χ1v) is 5.99. The third-order valence-electron chi connectivity index (χ3n) is 3.25. The molecule has 0 atom stereocenters. The van der Waals surface area contributed by atoms with Gasteiger partial charge in [0, 0.05) is 6.54 Å². The number of hydrogen-bond acceptors (Lipinski definition) is 1. The lowest BCUT2D eigenvalue weighted by atomic mass is 9.95. The molecule has 0 unspecified atom stereocenters. The van der Waals surface area contributed by atoms with E-state index in [4.69, 9.17) is 5.73 Å². The van der Waals surface area contributed by atoms with E-state index in [0.29, 0.717) is 6.54 Å². The summed E-state index contributed by atoms with van der Waals surface area (Å²) in [4.78, 5) is 0. The van der Waals surface area contributed by atoms with Crippen LogP contribution in [-0.4, -0.2) is 0 Å². The first-order chi connectivity index (χ1) is 8.11. The number of halogens is 1. The molecule has 96 valence electrons. The fraction of sp³-hybridized carbons (Fsp3) is 0.250. The first-order valence-electron chi connectivity index (χ1n) is 5.99. The van der Waals surface area contributed by atoms with Crippen LogP contribution in [0.4, 0.5) is 0 Å². The van der Waals surface area contributed by atoms with Gasteiger partial charge in [0.25, 0.3) is 0 Å². The normalized spacial score (nSPS) is 10.0. The number of aryl methyl sites for hydroxylation is 3. The molecule has 0 aromatic heterocycles. The Morgan fingerprint density at radius 3 is 2.00 bits per heavy atom. The molecular formula is C16H20ClN. The van der Waals surface area contributed by atoms with Gasteiger partial charge >= 0.3 is 0 Å². The first kappa shape index (κ1) is 14.7. The Bertz CT molecular complexity index is 524. The molecule has 0 saturated heterocycles. The number of rotatable bonds is 2. The van der Waals surface area contributed by atoms with Crippen LogP contribution in [-0.2, 0) is 6.54 Å². The molecule has 0 heterocycles. The summed E-state index contributed by atoms with van der Waals surface area (Å²) >= 11 is 0. The highest BCUT2D eigenvalue weighted by Crippen LogP contribution is 2.25. The Hall–Kier alpha value is -1.31. The Balaban J connectivity index is 0.00000162. The maximum atomic E-state index is 5.76. The minimum atomic E-state index is 0. The van der Waals surface area contributed by atoms with Gasteiger partial charge in [0.1, 0.15) is 0 Å². The lowest BCUT2D eigenvalue weighted by Gasteiger charge is -2.11. The van der Waals surface area contributed by atoms with Gasteiger partial charge in [-0.25, -0.2) is 0 Å². The third kappa shape index (κ3) is 2.92. The average Bonchev–Trinajstić information content (AvgIpc) is 2.28. The van der Waals surface area contributed by atoms with Gasteiger partial charge in [-0.15, -0.1) is 12.4 Å². The summed E-state index contributed by atoms with van der Waals surface area (Å²) in [7, 11) is 0. The van der Waals surface area contributed by atoms with E-state index in [2.05, 4.69) is 57.2 Å². The number of hydrogen-bond donors (Lipinski definition) is 1. The molecule has 0 amide bonds. The summed E-state index contributed by atoms with van der Waals surface area (Å²) in [6.45, 7) is 7.01. The number of benzene rings is 2. The minimum Gasteiger partial charge on any atom is -0.326 e. The highest BCUT2D eigenvalue weighted by molar-refractivity contribution is 5.85. The molecular weight excluding hydrogens is 242 g/mol. The van der Waals surface area contributed by atoms with Crippen LogP contribution in [0.1, 0.15) is 22.3 Å². The van der Waals surface area contributed by atoms with Crippen molar-refractivity contribution in [1.29, 1.82) is 0 Å². The van der Waals surface area contributed by atoms with Crippen LogP contribution in [0.2, 0.25) is 0 Å². The van der Waals surface area contributed by atoms with Crippen LogP contribution < -0.4 is 5.73 Å². The summed E-state index contributed by atoms with van der Waals surface area (Å²) in [6, 6.07) is 13.1. The van der Waals surface area contributed by atoms with E-state index in [1.807, 2.05) is 0 Å². The van der Waals surface area contributed by atoms with E-state index < -0.39 is 0 Å². The molecule has 2 aromatic rings. The standard InChI is InChI=1S/C16H19N.ClH/c1-11-5-4-6-14(7-11)15-8-12(2)16(10-17)13(3)9-15;/h4-9H,10,17H2,1-3H3;1H. The van der Waals surface area contributed by atoms with Crippen molar-refractivity contribution in [2.45, 2.75) is 27.3 Å². The van der Waals surface area contributed by atoms with Gasteiger partial charge in [-0.3, -0.25) is 0 Å². The molecule has 0 fully saturated rings. The monoisotopic (exact) mass is 261 g/mol. The summed E-state index contributed by atoms with van der Waals surface area (Å²) < 4.78 is 0. The van der Waals surface area contributed by atoms with Crippen LogP contribution in [0.15, 0.2) is 36.4 Å². The van der Waals surface area contributed by atoms with Gasteiger partial charge in [-0.05, 0) is 48.6 Å². The zero-order valence-corrected chi connectivity index (χ0v) is 12.0. The summed E-state index contributed by atoms with van der Waals surface area (Å²) in [5.41, 5.74) is 13.4. The van der Waals surface area contributed by atoms with Gasteiger partial charge in [0.15, 0.2) is 0 Å². The fourth-order valence-electron chi connectivity index (χ4n) is 2.31. The summed E-state index contributed by atoms with van der Waals surface area (Å²) in [5, 5.41) is 0. The van der Waals surface area contributed by atoms with Crippen molar-refractivity contribution in [3.05, 3.63) is 58.7 Å². The molecule has 2 heteroatoms. The van der Waals surface area contributed by atoms with E-state index >= 15 is 0 Å². The fourth-order valence-corrected chi connectivity index (χ4v) is 2.31. The molecule has 0 bridgehead atoms. The Labute approximate surface area is 115 Å². The third-order valence-corrected chi connectivity index (χ3v) is 3.25. The van der Waals surface area contributed by atoms with Crippen LogP contribution >= 0.6 is 12.4 Å². The summed E-state index contributed by atoms with van der Waals surface area (Å²) in [6.07, 6.45) is 0. The van der Waals surface area contributed by atoms with Crippen LogP contribution in [0.25, 0.3) is 11.1 Å². The second-order valence-corrected chi connectivity index (χ2v) is 4.66. The van der Waals surface area contributed by atoms with Crippen molar-refractivity contribution in [3.63, 3.8) is 0 Å². The molecule has 2 aromatic carbocycles.